The Morgan fingerprint density at radius 2 is 1.72 bits per heavy atom. The van der Waals surface area contributed by atoms with Gasteiger partial charge < -0.3 is 23.5 Å². The van der Waals surface area contributed by atoms with Crippen LogP contribution < -0.4 is 19.1 Å². The van der Waals surface area contributed by atoms with Gasteiger partial charge in [0.15, 0.2) is 17.4 Å². The van der Waals surface area contributed by atoms with Gasteiger partial charge in [0.25, 0.3) is 0 Å². The van der Waals surface area contributed by atoms with Gasteiger partial charge in [-0.3, -0.25) is 14.5 Å². The monoisotopic (exact) mass is 495 g/mol. The van der Waals surface area contributed by atoms with E-state index in [0.29, 0.717) is 35.3 Å². The van der Waals surface area contributed by atoms with Crippen LogP contribution in [0.5, 0.6) is 17.2 Å². The first-order valence-corrected chi connectivity index (χ1v) is 12.3. The highest BCUT2D eigenvalue weighted by Gasteiger charge is 2.49. The number of carbonyl (C=O) groups is 2. The molecule has 9 heteroatoms. The van der Waals surface area contributed by atoms with Gasteiger partial charge in [0.2, 0.25) is 17.6 Å². The van der Waals surface area contributed by atoms with Crippen LogP contribution in [0.1, 0.15) is 44.7 Å². The van der Waals surface area contributed by atoms with Crippen molar-refractivity contribution in [1.29, 1.82) is 0 Å². The Hall–Kier alpha value is -3.75. The van der Waals surface area contributed by atoms with E-state index >= 15 is 0 Å². The molecule has 0 radical (unpaired) electrons. The van der Waals surface area contributed by atoms with Gasteiger partial charge in [0, 0.05) is 12.1 Å². The molecule has 1 aliphatic rings. The number of para-hydroxylation sites is 2. The third-order valence-corrected chi connectivity index (χ3v) is 6.52. The van der Waals surface area contributed by atoms with E-state index in [9.17, 15) is 9.59 Å². The van der Waals surface area contributed by atoms with Crippen LogP contribution in [0, 0.1) is 5.92 Å². The summed E-state index contributed by atoms with van der Waals surface area (Å²) in [5.41, 5.74) is 2.13. The molecule has 1 aromatic heterocycles. The molecule has 1 aliphatic heterocycles. The number of imidazole rings is 1. The van der Waals surface area contributed by atoms with Crippen LogP contribution in [0.3, 0.4) is 0 Å². The van der Waals surface area contributed by atoms with E-state index in [1.165, 1.54) is 21.3 Å². The lowest BCUT2D eigenvalue weighted by molar-refractivity contribution is -0.153. The Morgan fingerprint density at radius 1 is 0.972 bits per heavy atom. The van der Waals surface area contributed by atoms with Crippen molar-refractivity contribution >= 4 is 28.9 Å². The number of nitrogens with zero attached hydrogens (tertiary/aromatic N) is 3. The second-order valence-electron chi connectivity index (χ2n) is 8.57. The van der Waals surface area contributed by atoms with Crippen LogP contribution in [0.4, 0.5) is 5.95 Å². The fraction of sp³-hybridized carbons (Fsp3) is 0.444. The lowest BCUT2D eigenvalue weighted by atomic mass is 9.88. The first-order chi connectivity index (χ1) is 17.5. The topological polar surface area (TPSA) is 92.1 Å². The van der Waals surface area contributed by atoms with Crippen LogP contribution in [-0.4, -0.2) is 55.9 Å². The molecule has 0 saturated heterocycles. The number of anilines is 1. The molecule has 1 amide bonds. The zero-order valence-electron chi connectivity index (χ0n) is 21.4. The number of unbranched alkanes of at least 4 members (excludes halogenated alkanes) is 2. The van der Waals surface area contributed by atoms with Gasteiger partial charge in [-0.05, 0) is 37.6 Å². The van der Waals surface area contributed by atoms with Crippen LogP contribution in [0.15, 0.2) is 36.4 Å². The standard InChI is InChI=1S/C27H33N3O6/c1-6-8-11-16-29-25(31)21(26(32)36-7-2)22(30-19-13-10-9-12-18(19)28-27(29)30)17-14-15-20(33-3)24(35-5)23(17)34-4/h9-10,12-15,21-22H,6-8,11,16H2,1-5H3/t21-,22-/m1/s1. The van der Waals surface area contributed by atoms with Gasteiger partial charge in [-0.25, -0.2) is 4.98 Å². The smallest absolute Gasteiger partial charge is 0.321 e. The first-order valence-electron chi connectivity index (χ1n) is 12.3. The number of methoxy groups -OCH3 is 3. The molecular formula is C27H33N3O6. The van der Waals surface area contributed by atoms with Crippen molar-refractivity contribution in [2.45, 2.75) is 39.2 Å². The zero-order chi connectivity index (χ0) is 25.8. The fourth-order valence-corrected chi connectivity index (χ4v) is 4.91. The third-order valence-electron chi connectivity index (χ3n) is 6.52. The molecule has 192 valence electrons. The average Bonchev–Trinajstić information content (AvgIpc) is 3.27. The van der Waals surface area contributed by atoms with E-state index in [1.807, 2.05) is 28.8 Å². The van der Waals surface area contributed by atoms with Crippen molar-refractivity contribution in [2.75, 3.05) is 39.4 Å². The number of ether oxygens (including phenoxy) is 4. The molecule has 9 nitrogen and oxygen atoms in total. The summed E-state index contributed by atoms with van der Waals surface area (Å²) in [5, 5.41) is 0. The molecular weight excluding hydrogens is 462 g/mol. The van der Waals surface area contributed by atoms with E-state index in [1.54, 1.807) is 24.0 Å². The van der Waals surface area contributed by atoms with Gasteiger partial charge in [0.05, 0.1) is 45.0 Å². The van der Waals surface area contributed by atoms with E-state index < -0.39 is 17.9 Å². The second-order valence-corrected chi connectivity index (χ2v) is 8.57. The highest BCUT2D eigenvalue weighted by molar-refractivity contribution is 6.08. The molecule has 3 aromatic rings. The molecule has 0 bridgehead atoms. The summed E-state index contributed by atoms with van der Waals surface area (Å²) in [7, 11) is 4.58. The molecule has 0 fully saturated rings. The number of amides is 1. The highest BCUT2D eigenvalue weighted by Crippen LogP contribution is 2.48. The molecule has 0 N–H and O–H groups in total. The summed E-state index contributed by atoms with van der Waals surface area (Å²) in [6.45, 7) is 4.45. The predicted octanol–water partition coefficient (Wildman–Crippen LogP) is 4.37. The van der Waals surface area contributed by atoms with Crippen molar-refractivity contribution in [3.8, 4) is 17.2 Å². The maximum absolute atomic E-state index is 14.0. The number of rotatable bonds is 10. The summed E-state index contributed by atoms with van der Waals surface area (Å²) in [6, 6.07) is 10.4. The Morgan fingerprint density at radius 3 is 2.39 bits per heavy atom. The molecule has 0 aliphatic carbocycles. The highest BCUT2D eigenvalue weighted by atomic mass is 16.5. The van der Waals surface area contributed by atoms with Crippen LogP contribution >= 0.6 is 0 Å². The van der Waals surface area contributed by atoms with Gasteiger partial charge in [0.1, 0.15) is 0 Å². The Balaban J connectivity index is 2.02. The average molecular weight is 496 g/mol. The number of fused-ring (bicyclic) bond motifs is 3. The summed E-state index contributed by atoms with van der Waals surface area (Å²) < 4.78 is 24.2. The molecule has 36 heavy (non-hydrogen) atoms. The molecule has 4 rings (SSSR count). The summed E-state index contributed by atoms with van der Waals surface area (Å²) in [6.07, 6.45) is 2.76. The van der Waals surface area contributed by atoms with Crippen molar-refractivity contribution in [2.24, 2.45) is 5.92 Å². The molecule has 2 aromatic carbocycles. The Kier molecular flexibility index (Phi) is 7.67. The van der Waals surface area contributed by atoms with Gasteiger partial charge in [-0.2, -0.15) is 0 Å². The lowest BCUT2D eigenvalue weighted by Gasteiger charge is -2.38. The summed E-state index contributed by atoms with van der Waals surface area (Å²) in [4.78, 5) is 33.9. The number of aromatic nitrogens is 2. The summed E-state index contributed by atoms with van der Waals surface area (Å²) >= 11 is 0. The van der Waals surface area contributed by atoms with Gasteiger partial charge >= 0.3 is 5.97 Å². The number of hydrogen-bond donors (Lipinski definition) is 0. The minimum Gasteiger partial charge on any atom is -0.493 e. The van der Waals surface area contributed by atoms with E-state index in [-0.39, 0.29) is 12.5 Å². The second kappa shape index (κ2) is 10.9. The van der Waals surface area contributed by atoms with Crippen molar-refractivity contribution < 1.29 is 28.5 Å². The van der Waals surface area contributed by atoms with Gasteiger partial charge in [-0.1, -0.05) is 31.9 Å². The van der Waals surface area contributed by atoms with Crippen molar-refractivity contribution in [3.05, 3.63) is 42.0 Å². The quantitative estimate of drug-likeness (QED) is 0.234. The first kappa shape index (κ1) is 25.3. The van der Waals surface area contributed by atoms with Crippen LogP contribution in [0.2, 0.25) is 0 Å². The third kappa shape index (κ3) is 4.23. The number of esters is 1. The zero-order valence-corrected chi connectivity index (χ0v) is 21.4. The summed E-state index contributed by atoms with van der Waals surface area (Å²) in [5.74, 6) is -0.327. The molecule has 2 atom stereocenters. The van der Waals surface area contributed by atoms with Gasteiger partial charge in [-0.15, -0.1) is 0 Å². The van der Waals surface area contributed by atoms with E-state index in [2.05, 4.69) is 6.92 Å². The fourth-order valence-electron chi connectivity index (χ4n) is 4.91. The van der Waals surface area contributed by atoms with Crippen LogP contribution in [-0.2, 0) is 14.3 Å². The van der Waals surface area contributed by atoms with Crippen molar-refractivity contribution in [3.63, 3.8) is 0 Å². The maximum atomic E-state index is 14.0. The molecule has 2 heterocycles. The minimum atomic E-state index is -1.14. The number of hydrogen-bond acceptors (Lipinski definition) is 7. The lowest BCUT2D eigenvalue weighted by Crippen LogP contribution is -2.50. The number of benzene rings is 2. The maximum Gasteiger partial charge on any atom is 0.321 e. The molecule has 0 spiro atoms. The largest absolute Gasteiger partial charge is 0.493 e. The minimum absolute atomic E-state index is 0.159. The van der Waals surface area contributed by atoms with E-state index in [4.69, 9.17) is 23.9 Å². The predicted molar refractivity (Wildman–Crippen MR) is 136 cm³/mol. The molecule has 0 saturated carbocycles. The van der Waals surface area contributed by atoms with E-state index in [0.717, 1.165) is 30.3 Å². The normalized spacial score (nSPS) is 17.1. The van der Waals surface area contributed by atoms with Crippen molar-refractivity contribution in [1.82, 2.24) is 9.55 Å². The Labute approximate surface area is 210 Å². The SMILES string of the molecule is CCCCCN1C(=O)[C@H](C(=O)OCC)[C@@H](c2ccc(OC)c(OC)c2OC)n2c1nc1ccccc12. The molecule has 0 unspecified atom stereocenters. The Bertz CT molecular complexity index is 1250. The van der Waals surface area contributed by atoms with Crippen LogP contribution in [0.25, 0.3) is 11.0 Å². The number of carbonyl (C=O) groups excluding carboxylic acids is 2.